The summed E-state index contributed by atoms with van der Waals surface area (Å²) in [6, 6.07) is 22.8. The number of nitrogen functional groups attached to an aromatic ring is 2. The number of nitrogens with one attached hydrogen (secondary N) is 2. The Morgan fingerprint density at radius 3 is 1.56 bits per heavy atom. The fraction of sp³-hybridized carbons (Fsp3) is 0.404. The average molecular weight is 1220 g/mol. The smallest absolute Gasteiger partial charge is 0.496 e. The van der Waals surface area contributed by atoms with E-state index in [4.69, 9.17) is 46.8 Å². The van der Waals surface area contributed by atoms with Crippen LogP contribution in [0.25, 0.3) is 33.7 Å². The van der Waals surface area contributed by atoms with Gasteiger partial charge in [0.15, 0.2) is 28.8 Å². The Bertz CT molecular complexity index is 3290. The first-order chi connectivity index (χ1) is 37.6. The van der Waals surface area contributed by atoms with E-state index in [9.17, 15) is 9.59 Å². The highest BCUT2D eigenvalue weighted by atomic mass is 127. The van der Waals surface area contributed by atoms with Crippen LogP contribution in [0.4, 0.5) is 23.0 Å². The predicted octanol–water partition coefficient (Wildman–Crippen LogP) is 11.0. The summed E-state index contributed by atoms with van der Waals surface area (Å²) >= 11 is 8.10. The zero-order valence-electron chi connectivity index (χ0n) is 44.8. The van der Waals surface area contributed by atoms with Crippen molar-refractivity contribution >= 4 is 104 Å². The normalized spacial score (nSPS) is 18.7. The third-order valence-electron chi connectivity index (χ3n) is 14.6. The number of methoxy groups -OCH3 is 2. The second kappa shape index (κ2) is 27.9. The maximum atomic E-state index is 12.8. The van der Waals surface area contributed by atoms with E-state index in [0.717, 1.165) is 79.5 Å². The van der Waals surface area contributed by atoms with Crippen LogP contribution in [0, 0.1) is 11.8 Å². The minimum absolute atomic E-state index is 0. The summed E-state index contributed by atoms with van der Waals surface area (Å²) in [5.41, 5.74) is 17.3. The second-order valence-electron chi connectivity index (χ2n) is 20.0. The second-order valence-corrected chi connectivity index (χ2v) is 20.4. The molecule has 2 saturated carbocycles. The van der Waals surface area contributed by atoms with Crippen molar-refractivity contribution in [3.8, 4) is 22.9 Å². The summed E-state index contributed by atoms with van der Waals surface area (Å²) in [5, 5.41) is 6.11. The van der Waals surface area contributed by atoms with Crippen molar-refractivity contribution in [2.24, 2.45) is 11.8 Å². The maximum Gasteiger partial charge on any atom is 0.496 e. The van der Waals surface area contributed by atoms with Crippen LogP contribution < -0.4 is 37.0 Å². The lowest BCUT2D eigenvalue weighted by molar-refractivity contribution is -0.121. The zero-order valence-corrected chi connectivity index (χ0v) is 47.7. The first-order valence-corrected chi connectivity index (χ1v) is 28.2. The SMILES string of the molecule is C.C.CC1(C)OB(c2cccnc2)OC1(C)C.CI.COc1cccc(NC(=O)C2CCC(n3cnc4c(N)nc(-c5cccnc5)nc43)CC2)c1.COc1cccc(NC(=O)C2CCC(n3cnc4c(N)nc(Cl)nc43)CC2)c1. The third kappa shape index (κ3) is 14.7. The standard InChI is InChI=1S/C24H25N7O2.C19H21ClN6O2.C11H16BNO2.CH3I.2CH4/c1-33-19-6-2-5-17(12-19)28-24(32)15-7-9-18(10-8-15)31-14-27-20-21(25)29-22(30-23(20)31)16-4-3-11-26-13-16;1-28-14-4-2-3-12(9-14)23-18(27)11-5-7-13(8-6-11)26-10-22-15-16(21)24-19(20)25-17(15)26;1-10(2)11(3,4)15-12(14-10)9-6-5-7-13-8-9;1-2;;/h2-6,11-15,18H,7-10H2,1H3,(H,28,32)(H2,25,29,30);2-4,9-11,13H,5-8H2,1H3,(H,23,27)(H2,21,24,25);5-8H,1-4H3;1H3;2*1H4. The van der Waals surface area contributed by atoms with Crippen LogP contribution in [-0.2, 0) is 18.9 Å². The molecule has 6 N–H and O–H groups in total. The van der Waals surface area contributed by atoms with Crippen molar-refractivity contribution in [3.05, 3.63) is 116 Å². The minimum Gasteiger partial charge on any atom is -0.497 e. The Morgan fingerprint density at radius 2 is 1.11 bits per heavy atom. The number of anilines is 4. The monoisotopic (exact) mass is 1220 g/mol. The van der Waals surface area contributed by atoms with Crippen LogP contribution in [0.15, 0.2) is 110 Å². The fourth-order valence-corrected chi connectivity index (χ4v) is 9.80. The van der Waals surface area contributed by atoms with Gasteiger partial charge < -0.3 is 50.0 Å². The molecule has 3 aliphatic rings. The van der Waals surface area contributed by atoms with Crippen LogP contribution in [-0.4, -0.2) is 98.3 Å². The molecule has 0 bridgehead atoms. The molecule has 8 aromatic rings. The van der Waals surface area contributed by atoms with Gasteiger partial charge in [-0.05, 0) is 138 Å². The number of pyridine rings is 2. The largest absolute Gasteiger partial charge is 0.497 e. The van der Waals surface area contributed by atoms with Crippen molar-refractivity contribution in [2.45, 2.75) is 117 Å². The molecule has 11 rings (SSSR count). The van der Waals surface area contributed by atoms with Crippen molar-refractivity contribution < 1.29 is 28.4 Å². The van der Waals surface area contributed by atoms with Crippen LogP contribution in [0.2, 0.25) is 5.28 Å². The summed E-state index contributed by atoms with van der Waals surface area (Å²) in [5.74, 6) is 2.61. The molecule has 20 nitrogen and oxygen atoms in total. The van der Waals surface area contributed by atoms with Crippen molar-refractivity contribution in [1.82, 2.24) is 49.0 Å². The molecule has 2 amide bonds. The molecule has 2 aliphatic carbocycles. The number of alkyl halides is 1. The van der Waals surface area contributed by atoms with Gasteiger partial charge in [0.2, 0.25) is 17.1 Å². The molecule has 0 atom stereocenters. The number of carbonyl (C=O) groups is 2. The van der Waals surface area contributed by atoms with Gasteiger partial charge >= 0.3 is 7.12 Å². The zero-order chi connectivity index (χ0) is 55.6. The van der Waals surface area contributed by atoms with Gasteiger partial charge in [0.25, 0.3) is 0 Å². The maximum absolute atomic E-state index is 12.8. The van der Waals surface area contributed by atoms with Gasteiger partial charge in [-0.25, -0.2) is 19.9 Å². The Hall–Kier alpha value is -7.02. The summed E-state index contributed by atoms with van der Waals surface area (Å²) in [6.07, 6.45) is 17.0. The molecule has 80 heavy (non-hydrogen) atoms. The average Bonchev–Trinajstić information content (AvgIpc) is 4.18. The summed E-state index contributed by atoms with van der Waals surface area (Å²) in [6.45, 7) is 8.18. The molecule has 23 heteroatoms. The number of nitrogens with two attached hydrogens (primary N) is 2. The van der Waals surface area contributed by atoms with Gasteiger partial charge in [0.1, 0.15) is 22.5 Å². The molecule has 1 saturated heterocycles. The van der Waals surface area contributed by atoms with Gasteiger partial charge in [0, 0.05) is 83.2 Å². The predicted molar refractivity (Wildman–Crippen MR) is 326 cm³/mol. The third-order valence-corrected chi connectivity index (χ3v) is 14.8. The number of imidazole rings is 2. The number of benzene rings is 2. The lowest BCUT2D eigenvalue weighted by Gasteiger charge is -2.32. The Kier molecular flexibility index (Phi) is 21.7. The lowest BCUT2D eigenvalue weighted by atomic mass is 9.80. The van der Waals surface area contributed by atoms with E-state index in [0.29, 0.717) is 39.7 Å². The van der Waals surface area contributed by atoms with E-state index in [1.54, 1.807) is 51.7 Å². The molecule has 3 fully saturated rings. The highest BCUT2D eigenvalue weighted by molar-refractivity contribution is 14.1. The van der Waals surface area contributed by atoms with Gasteiger partial charge in [-0.2, -0.15) is 9.97 Å². The first-order valence-electron chi connectivity index (χ1n) is 25.7. The van der Waals surface area contributed by atoms with Crippen molar-refractivity contribution in [1.29, 1.82) is 0 Å². The molecule has 7 heterocycles. The lowest BCUT2D eigenvalue weighted by Crippen LogP contribution is -2.41. The Morgan fingerprint density at radius 1 is 0.650 bits per heavy atom. The van der Waals surface area contributed by atoms with E-state index in [1.807, 2.05) is 110 Å². The number of fused-ring (bicyclic) bond motifs is 2. The molecule has 0 spiro atoms. The summed E-state index contributed by atoms with van der Waals surface area (Å²) < 4.78 is 26.3. The highest BCUT2D eigenvalue weighted by Crippen LogP contribution is 2.38. The van der Waals surface area contributed by atoms with E-state index < -0.39 is 0 Å². The van der Waals surface area contributed by atoms with Crippen LogP contribution in [0.5, 0.6) is 11.5 Å². The fourth-order valence-electron chi connectivity index (χ4n) is 9.62. The van der Waals surface area contributed by atoms with Crippen molar-refractivity contribution in [3.63, 3.8) is 0 Å². The molecule has 424 valence electrons. The summed E-state index contributed by atoms with van der Waals surface area (Å²) in [7, 11) is 2.91. The highest BCUT2D eigenvalue weighted by Gasteiger charge is 2.51. The van der Waals surface area contributed by atoms with Gasteiger partial charge in [-0.1, -0.05) is 55.6 Å². The number of hydrogen-bond donors (Lipinski definition) is 4. The van der Waals surface area contributed by atoms with E-state index >= 15 is 0 Å². The van der Waals surface area contributed by atoms with Crippen LogP contribution in [0.3, 0.4) is 0 Å². The number of hydrogen-bond acceptors (Lipinski definition) is 16. The molecular weight excluding hydrogens is 1150 g/mol. The van der Waals surface area contributed by atoms with E-state index in [2.05, 4.69) is 72.7 Å². The molecule has 1 aliphatic heterocycles. The molecule has 0 radical (unpaired) electrons. The number of ether oxygens (including phenoxy) is 2. The van der Waals surface area contributed by atoms with Gasteiger partial charge in [-0.15, -0.1) is 0 Å². The Balaban J connectivity index is 0.000000199. The molecule has 2 aromatic carbocycles. The number of carbonyl (C=O) groups excluding carboxylic acids is 2. The molecule has 6 aromatic heterocycles. The quantitative estimate of drug-likeness (QED) is 0.0429. The van der Waals surface area contributed by atoms with Crippen LogP contribution >= 0.6 is 34.2 Å². The topological polar surface area (TPSA) is 260 Å². The number of nitrogens with zero attached hydrogens (tertiary/aromatic N) is 10. The van der Waals surface area contributed by atoms with Gasteiger partial charge in [0.05, 0.1) is 38.1 Å². The minimum atomic E-state index is -0.302. The molecular formula is C57H73BClIN14O6. The van der Waals surface area contributed by atoms with Crippen LogP contribution in [0.1, 0.15) is 106 Å². The Labute approximate surface area is 487 Å². The number of halogens is 2. The number of amides is 2. The first kappa shape index (κ1) is 62.2. The van der Waals surface area contributed by atoms with Gasteiger partial charge in [-0.3, -0.25) is 19.6 Å². The summed E-state index contributed by atoms with van der Waals surface area (Å²) in [4.78, 5) is 61.8. The number of rotatable bonds is 10. The van der Waals surface area contributed by atoms with Crippen molar-refractivity contribution in [2.75, 3.05) is 41.3 Å². The molecule has 0 unspecified atom stereocenters. The van der Waals surface area contributed by atoms with E-state index in [1.165, 1.54) is 0 Å². The van der Waals surface area contributed by atoms with E-state index in [-0.39, 0.29) is 80.0 Å². The number of aromatic nitrogens is 10.